The summed E-state index contributed by atoms with van der Waals surface area (Å²) in [6, 6.07) is 9.82. The van der Waals surface area contributed by atoms with E-state index in [1.807, 2.05) is 35.2 Å². The molecule has 2 aliphatic heterocycles. The van der Waals surface area contributed by atoms with E-state index in [0.29, 0.717) is 24.8 Å². The largest absolute Gasteiger partial charge is 0.355 e. The number of anilines is 1. The Morgan fingerprint density at radius 3 is 2.69 bits per heavy atom. The van der Waals surface area contributed by atoms with E-state index >= 15 is 0 Å². The third-order valence-corrected chi connectivity index (χ3v) is 6.19. The fourth-order valence-corrected chi connectivity index (χ4v) is 4.44. The molecule has 32 heavy (non-hydrogen) atoms. The maximum atomic E-state index is 13.2. The van der Waals surface area contributed by atoms with Crippen molar-refractivity contribution < 1.29 is 9.32 Å². The van der Waals surface area contributed by atoms with Crippen LogP contribution in [0.2, 0.25) is 0 Å². The predicted octanol–water partition coefficient (Wildman–Crippen LogP) is 2.09. The van der Waals surface area contributed by atoms with Gasteiger partial charge in [-0.2, -0.15) is 4.98 Å². The number of piperazine rings is 1. The average molecular weight is 434 g/mol. The Morgan fingerprint density at radius 2 is 1.91 bits per heavy atom. The van der Waals surface area contributed by atoms with Crippen LogP contribution >= 0.6 is 0 Å². The molecule has 1 amide bonds. The molecular weight excluding hydrogens is 406 g/mol. The third kappa shape index (κ3) is 4.62. The first kappa shape index (κ1) is 20.6. The average Bonchev–Trinajstić information content (AvgIpc) is 3.34. The Kier molecular flexibility index (Phi) is 6.06. The quantitative estimate of drug-likeness (QED) is 0.604. The monoisotopic (exact) mass is 433 g/mol. The molecule has 0 bridgehead atoms. The molecular formula is C23H27N7O2. The highest BCUT2D eigenvalue weighted by Crippen LogP contribution is 2.23. The molecule has 5 rings (SSSR count). The SMILES string of the molecule is O=C(C1CCCN(c2cnccn2)C1)N1CCN(Cc2nc(-c3ccccc3)no2)CC1. The summed E-state index contributed by atoms with van der Waals surface area (Å²) in [7, 11) is 0. The van der Waals surface area contributed by atoms with Crippen LogP contribution in [-0.4, -0.2) is 75.1 Å². The van der Waals surface area contributed by atoms with Crippen molar-refractivity contribution in [2.75, 3.05) is 44.2 Å². The lowest BCUT2D eigenvalue weighted by atomic mass is 9.96. The van der Waals surface area contributed by atoms with Crippen molar-refractivity contribution in [2.24, 2.45) is 5.92 Å². The van der Waals surface area contributed by atoms with Crippen LogP contribution in [0.1, 0.15) is 18.7 Å². The summed E-state index contributed by atoms with van der Waals surface area (Å²) in [5.74, 6) is 2.34. The molecule has 1 unspecified atom stereocenters. The first-order chi connectivity index (χ1) is 15.8. The summed E-state index contributed by atoms with van der Waals surface area (Å²) >= 11 is 0. The van der Waals surface area contributed by atoms with E-state index in [-0.39, 0.29) is 11.8 Å². The first-order valence-electron chi connectivity index (χ1n) is 11.2. The maximum absolute atomic E-state index is 13.2. The van der Waals surface area contributed by atoms with E-state index in [2.05, 4.69) is 29.9 Å². The van der Waals surface area contributed by atoms with Crippen LogP contribution in [0.5, 0.6) is 0 Å². The highest BCUT2D eigenvalue weighted by atomic mass is 16.5. The second kappa shape index (κ2) is 9.44. The molecule has 2 fully saturated rings. The summed E-state index contributed by atoms with van der Waals surface area (Å²) < 4.78 is 5.45. The zero-order chi connectivity index (χ0) is 21.8. The van der Waals surface area contributed by atoms with Gasteiger partial charge in [0.15, 0.2) is 0 Å². The number of carbonyl (C=O) groups is 1. The number of benzene rings is 1. The van der Waals surface area contributed by atoms with Crippen molar-refractivity contribution in [3.63, 3.8) is 0 Å². The van der Waals surface area contributed by atoms with Gasteiger partial charge >= 0.3 is 0 Å². The van der Waals surface area contributed by atoms with E-state index in [4.69, 9.17) is 4.52 Å². The van der Waals surface area contributed by atoms with Crippen molar-refractivity contribution in [1.29, 1.82) is 0 Å². The fraction of sp³-hybridized carbons (Fsp3) is 0.435. The lowest BCUT2D eigenvalue weighted by Gasteiger charge is -2.38. The molecule has 4 heterocycles. The smallest absolute Gasteiger partial charge is 0.241 e. The highest BCUT2D eigenvalue weighted by molar-refractivity contribution is 5.80. The van der Waals surface area contributed by atoms with E-state index in [1.54, 1.807) is 18.6 Å². The van der Waals surface area contributed by atoms with E-state index in [1.165, 1.54) is 0 Å². The number of amides is 1. The highest BCUT2D eigenvalue weighted by Gasteiger charge is 2.31. The van der Waals surface area contributed by atoms with E-state index in [0.717, 1.165) is 56.9 Å². The third-order valence-electron chi connectivity index (χ3n) is 6.19. The molecule has 0 aliphatic carbocycles. The van der Waals surface area contributed by atoms with Gasteiger partial charge in [-0.25, -0.2) is 4.98 Å². The van der Waals surface area contributed by atoms with Crippen molar-refractivity contribution in [3.8, 4) is 11.4 Å². The second-order valence-electron chi connectivity index (χ2n) is 8.33. The van der Waals surface area contributed by atoms with Gasteiger partial charge in [-0.05, 0) is 12.8 Å². The van der Waals surface area contributed by atoms with Gasteiger partial charge in [0.2, 0.25) is 17.6 Å². The van der Waals surface area contributed by atoms with Crippen LogP contribution in [0.25, 0.3) is 11.4 Å². The Morgan fingerprint density at radius 1 is 1.06 bits per heavy atom. The standard InChI is InChI=1S/C23H27N7O2/c31-23(19-7-4-10-30(16-19)20-15-24-8-9-25-20)29-13-11-28(12-14-29)17-21-26-22(27-32-21)18-5-2-1-3-6-18/h1-3,5-6,8-9,15,19H,4,7,10-14,16-17H2. The number of hydrogen-bond donors (Lipinski definition) is 0. The molecule has 2 aromatic heterocycles. The molecule has 9 nitrogen and oxygen atoms in total. The van der Waals surface area contributed by atoms with Gasteiger partial charge in [0, 0.05) is 57.2 Å². The van der Waals surface area contributed by atoms with Crippen molar-refractivity contribution in [3.05, 3.63) is 54.8 Å². The minimum Gasteiger partial charge on any atom is -0.355 e. The van der Waals surface area contributed by atoms with Crippen LogP contribution < -0.4 is 4.90 Å². The van der Waals surface area contributed by atoms with Gasteiger partial charge < -0.3 is 14.3 Å². The Labute approximate surface area is 187 Å². The zero-order valence-electron chi connectivity index (χ0n) is 18.0. The fourth-order valence-electron chi connectivity index (χ4n) is 4.44. The van der Waals surface area contributed by atoms with Gasteiger partial charge in [0.25, 0.3) is 0 Å². The van der Waals surface area contributed by atoms with Crippen molar-refractivity contribution in [1.82, 2.24) is 29.9 Å². The van der Waals surface area contributed by atoms with E-state index in [9.17, 15) is 4.79 Å². The topological polar surface area (TPSA) is 91.5 Å². The first-order valence-corrected chi connectivity index (χ1v) is 11.2. The molecule has 1 aromatic carbocycles. The van der Waals surface area contributed by atoms with Crippen LogP contribution in [0, 0.1) is 5.92 Å². The van der Waals surface area contributed by atoms with Crippen molar-refractivity contribution >= 4 is 11.7 Å². The number of aromatic nitrogens is 4. The summed E-state index contributed by atoms with van der Waals surface area (Å²) in [6.07, 6.45) is 7.07. The molecule has 0 radical (unpaired) electrons. The second-order valence-corrected chi connectivity index (χ2v) is 8.33. The minimum atomic E-state index is 0.0154. The van der Waals surface area contributed by atoms with Crippen LogP contribution in [-0.2, 0) is 11.3 Å². The van der Waals surface area contributed by atoms with Crippen LogP contribution in [0.3, 0.4) is 0 Å². The predicted molar refractivity (Wildman–Crippen MR) is 119 cm³/mol. The lowest BCUT2D eigenvalue weighted by molar-refractivity contribution is -0.137. The molecule has 2 aliphatic rings. The number of hydrogen-bond acceptors (Lipinski definition) is 8. The summed E-state index contributed by atoms with van der Waals surface area (Å²) in [5, 5.41) is 4.10. The van der Waals surface area contributed by atoms with Crippen LogP contribution in [0.15, 0.2) is 53.4 Å². The van der Waals surface area contributed by atoms with Gasteiger partial charge in [-0.1, -0.05) is 35.5 Å². The van der Waals surface area contributed by atoms with Gasteiger partial charge in [-0.3, -0.25) is 14.7 Å². The number of nitrogens with zero attached hydrogens (tertiary/aromatic N) is 7. The van der Waals surface area contributed by atoms with E-state index < -0.39 is 0 Å². The Hall–Kier alpha value is -3.33. The zero-order valence-corrected chi connectivity index (χ0v) is 18.0. The molecule has 9 heteroatoms. The lowest BCUT2D eigenvalue weighted by Crippen LogP contribution is -2.52. The maximum Gasteiger partial charge on any atom is 0.241 e. The minimum absolute atomic E-state index is 0.0154. The Bertz CT molecular complexity index is 1020. The number of piperidine rings is 1. The molecule has 0 N–H and O–H groups in total. The summed E-state index contributed by atoms with van der Waals surface area (Å²) in [5.41, 5.74) is 0.945. The molecule has 1 atom stereocenters. The number of carbonyl (C=O) groups excluding carboxylic acids is 1. The van der Waals surface area contributed by atoms with Gasteiger partial charge in [-0.15, -0.1) is 0 Å². The normalized spacial score (nSPS) is 19.8. The molecule has 0 saturated carbocycles. The van der Waals surface area contributed by atoms with Gasteiger partial charge in [0.1, 0.15) is 5.82 Å². The van der Waals surface area contributed by atoms with Gasteiger partial charge in [0.05, 0.1) is 18.7 Å². The van der Waals surface area contributed by atoms with Crippen molar-refractivity contribution in [2.45, 2.75) is 19.4 Å². The van der Waals surface area contributed by atoms with Crippen LogP contribution in [0.4, 0.5) is 5.82 Å². The number of rotatable bonds is 5. The molecule has 2 saturated heterocycles. The molecule has 0 spiro atoms. The molecule has 166 valence electrons. The summed E-state index contributed by atoms with van der Waals surface area (Å²) in [6.45, 7) is 5.28. The summed E-state index contributed by atoms with van der Waals surface area (Å²) in [4.78, 5) is 32.7. The Balaban J connectivity index is 1.13. The molecule has 3 aromatic rings.